The minimum Gasteiger partial charge on any atom is -0.545 e. The van der Waals surface area contributed by atoms with Crippen molar-refractivity contribution in [3.63, 3.8) is 0 Å². The highest BCUT2D eigenvalue weighted by Crippen LogP contribution is 2.29. The number of rotatable bonds is 6. The molecule has 6 nitrogen and oxygen atoms in total. The molecule has 3 aliphatic heterocycles. The molecule has 150 valence electrons. The molecule has 3 saturated heterocycles. The fraction of sp³-hybridized carbons (Fsp3) is 0.391. The maximum absolute atomic E-state index is 11.8. The molecule has 0 aliphatic carbocycles. The summed E-state index contributed by atoms with van der Waals surface area (Å²) < 4.78 is 1.91. The molecule has 2 bridgehead atoms. The number of nitrogens with zero attached hydrogens (tertiary/aromatic N) is 3. The van der Waals surface area contributed by atoms with Crippen molar-refractivity contribution in [2.45, 2.75) is 32.0 Å². The SMILES string of the molecule is O=C([O-])c1cccc2c1c(CNC1CN3CCC1CC3)nn2Cc1ccccc1. The molecule has 3 fully saturated rings. The van der Waals surface area contributed by atoms with E-state index in [9.17, 15) is 9.90 Å². The molecule has 4 heterocycles. The third kappa shape index (κ3) is 3.54. The van der Waals surface area contributed by atoms with Crippen molar-refractivity contribution in [3.05, 3.63) is 65.4 Å². The van der Waals surface area contributed by atoms with Gasteiger partial charge >= 0.3 is 0 Å². The molecule has 1 aromatic heterocycles. The Morgan fingerprint density at radius 2 is 1.90 bits per heavy atom. The Bertz CT molecular complexity index is 1020. The van der Waals surface area contributed by atoms with Crippen LogP contribution in [0.1, 0.15) is 34.5 Å². The van der Waals surface area contributed by atoms with Crippen LogP contribution in [0.25, 0.3) is 10.9 Å². The molecule has 1 atom stereocenters. The lowest BCUT2D eigenvalue weighted by Gasteiger charge is -2.45. The van der Waals surface area contributed by atoms with Gasteiger partial charge < -0.3 is 20.1 Å². The topological polar surface area (TPSA) is 73.2 Å². The van der Waals surface area contributed by atoms with E-state index in [-0.39, 0.29) is 5.56 Å². The number of fused-ring (bicyclic) bond motifs is 4. The summed E-state index contributed by atoms with van der Waals surface area (Å²) in [5, 5.41) is 21.0. The summed E-state index contributed by atoms with van der Waals surface area (Å²) in [7, 11) is 0. The van der Waals surface area contributed by atoms with Crippen molar-refractivity contribution in [2.24, 2.45) is 5.92 Å². The highest BCUT2D eigenvalue weighted by molar-refractivity contribution is 6.03. The van der Waals surface area contributed by atoms with Crippen LogP contribution in [0, 0.1) is 5.92 Å². The molecule has 3 aliphatic rings. The first-order valence-electron chi connectivity index (χ1n) is 10.4. The first-order valence-corrected chi connectivity index (χ1v) is 10.4. The molecule has 29 heavy (non-hydrogen) atoms. The number of hydrogen-bond donors (Lipinski definition) is 1. The van der Waals surface area contributed by atoms with Crippen molar-refractivity contribution < 1.29 is 9.90 Å². The van der Waals surface area contributed by atoms with E-state index in [1.807, 2.05) is 28.9 Å². The fourth-order valence-corrected chi connectivity index (χ4v) is 4.90. The minimum absolute atomic E-state index is 0.215. The summed E-state index contributed by atoms with van der Waals surface area (Å²) in [6.45, 7) is 4.64. The predicted octanol–water partition coefficient (Wildman–Crippen LogP) is 1.63. The zero-order valence-corrected chi connectivity index (χ0v) is 16.4. The Kier molecular flexibility index (Phi) is 4.81. The molecule has 2 aromatic carbocycles. The van der Waals surface area contributed by atoms with E-state index in [4.69, 9.17) is 5.10 Å². The average molecular weight is 389 g/mol. The molecular formula is C23H25N4O2-. The van der Waals surface area contributed by atoms with Crippen LogP contribution in [0.5, 0.6) is 0 Å². The van der Waals surface area contributed by atoms with Gasteiger partial charge in [0.2, 0.25) is 0 Å². The minimum atomic E-state index is -1.15. The number of piperidine rings is 3. The number of benzene rings is 2. The molecule has 3 aromatic rings. The van der Waals surface area contributed by atoms with Gasteiger partial charge in [-0.25, -0.2) is 0 Å². The third-order valence-corrected chi connectivity index (χ3v) is 6.43. The normalized spacial score (nSPS) is 23.5. The molecule has 0 radical (unpaired) electrons. The van der Waals surface area contributed by atoms with Crippen LogP contribution in [0.2, 0.25) is 0 Å². The van der Waals surface area contributed by atoms with Crippen molar-refractivity contribution in [1.82, 2.24) is 20.0 Å². The first kappa shape index (κ1) is 18.3. The average Bonchev–Trinajstić information content (AvgIpc) is 3.11. The van der Waals surface area contributed by atoms with Crippen molar-refractivity contribution >= 4 is 16.9 Å². The van der Waals surface area contributed by atoms with E-state index in [2.05, 4.69) is 22.3 Å². The molecule has 1 unspecified atom stereocenters. The van der Waals surface area contributed by atoms with Crippen LogP contribution in [0.3, 0.4) is 0 Å². The second-order valence-electron chi connectivity index (χ2n) is 8.20. The number of carboxylic acids is 1. The Hall–Kier alpha value is -2.70. The van der Waals surface area contributed by atoms with Gasteiger partial charge in [0.05, 0.1) is 23.7 Å². The molecule has 0 saturated carbocycles. The fourth-order valence-electron chi connectivity index (χ4n) is 4.90. The zero-order chi connectivity index (χ0) is 19.8. The van der Waals surface area contributed by atoms with Gasteiger partial charge in [-0.15, -0.1) is 0 Å². The maximum Gasteiger partial charge on any atom is 0.0848 e. The Morgan fingerprint density at radius 1 is 1.10 bits per heavy atom. The molecule has 0 amide bonds. The number of carbonyl (C=O) groups excluding carboxylic acids is 1. The Morgan fingerprint density at radius 3 is 2.59 bits per heavy atom. The highest BCUT2D eigenvalue weighted by Gasteiger charge is 2.33. The van der Waals surface area contributed by atoms with E-state index in [1.54, 1.807) is 12.1 Å². The zero-order valence-electron chi connectivity index (χ0n) is 16.4. The number of hydrogen-bond acceptors (Lipinski definition) is 5. The summed E-state index contributed by atoms with van der Waals surface area (Å²) in [5.41, 5.74) is 2.97. The summed E-state index contributed by atoms with van der Waals surface area (Å²) in [5.74, 6) is -0.447. The van der Waals surface area contributed by atoms with Crippen LogP contribution in [-0.4, -0.2) is 46.3 Å². The van der Waals surface area contributed by atoms with Gasteiger partial charge in [-0.3, -0.25) is 4.68 Å². The van der Waals surface area contributed by atoms with E-state index < -0.39 is 5.97 Å². The van der Waals surface area contributed by atoms with E-state index >= 15 is 0 Å². The van der Waals surface area contributed by atoms with Crippen LogP contribution in [0.4, 0.5) is 0 Å². The van der Waals surface area contributed by atoms with E-state index in [1.165, 1.54) is 25.9 Å². The van der Waals surface area contributed by atoms with Gasteiger partial charge in [0, 0.05) is 30.1 Å². The number of carbonyl (C=O) groups is 1. The number of aromatic nitrogens is 2. The van der Waals surface area contributed by atoms with E-state index in [0.29, 0.717) is 30.4 Å². The van der Waals surface area contributed by atoms with Gasteiger partial charge in [0.25, 0.3) is 0 Å². The molecule has 1 N–H and O–H groups in total. The highest BCUT2D eigenvalue weighted by atomic mass is 16.4. The van der Waals surface area contributed by atoms with Crippen molar-refractivity contribution in [2.75, 3.05) is 19.6 Å². The third-order valence-electron chi connectivity index (χ3n) is 6.43. The Balaban J connectivity index is 1.47. The quantitative estimate of drug-likeness (QED) is 0.694. The van der Waals surface area contributed by atoms with Crippen molar-refractivity contribution in [1.29, 1.82) is 0 Å². The molecule has 0 spiro atoms. The lowest BCUT2D eigenvalue weighted by Crippen LogP contribution is -2.55. The maximum atomic E-state index is 11.8. The second kappa shape index (κ2) is 7.61. The molecule has 6 heteroatoms. The van der Waals surface area contributed by atoms with Gasteiger partial charge in [-0.1, -0.05) is 42.5 Å². The van der Waals surface area contributed by atoms with Crippen LogP contribution in [-0.2, 0) is 13.1 Å². The summed E-state index contributed by atoms with van der Waals surface area (Å²) >= 11 is 0. The summed E-state index contributed by atoms with van der Waals surface area (Å²) in [4.78, 5) is 14.3. The first-order chi connectivity index (χ1) is 14.2. The van der Waals surface area contributed by atoms with Gasteiger partial charge in [0.1, 0.15) is 0 Å². The van der Waals surface area contributed by atoms with Crippen LogP contribution >= 0.6 is 0 Å². The van der Waals surface area contributed by atoms with Crippen molar-refractivity contribution in [3.8, 4) is 0 Å². The predicted molar refractivity (Wildman–Crippen MR) is 109 cm³/mol. The van der Waals surface area contributed by atoms with Gasteiger partial charge in [0.15, 0.2) is 0 Å². The summed E-state index contributed by atoms with van der Waals surface area (Å²) in [6.07, 6.45) is 2.48. The number of aromatic carboxylic acids is 1. The standard InChI is InChI=1S/C23H26N4O2/c28-23(29)18-7-4-8-21-22(18)19(25-27(21)14-16-5-2-1-3-6-16)13-24-20-15-26-11-9-17(20)10-12-26/h1-8,17,20,24H,9-15H2,(H,28,29)/p-1. The lowest BCUT2D eigenvalue weighted by atomic mass is 9.84. The number of nitrogens with one attached hydrogen (secondary N) is 1. The van der Waals surface area contributed by atoms with Gasteiger partial charge in [-0.05, 0) is 43.5 Å². The van der Waals surface area contributed by atoms with Crippen LogP contribution in [0.15, 0.2) is 48.5 Å². The number of carboxylic acid groups (broad SMARTS) is 1. The second-order valence-corrected chi connectivity index (χ2v) is 8.20. The van der Waals surface area contributed by atoms with Gasteiger partial charge in [-0.2, -0.15) is 5.10 Å². The lowest BCUT2D eigenvalue weighted by molar-refractivity contribution is -0.254. The van der Waals surface area contributed by atoms with E-state index in [0.717, 1.165) is 23.3 Å². The Labute approximate surface area is 170 Å². The smallest absolute Gasteiger partial charge is 0.0848 e. The van der Waals surface area contributed by atoms with Crippen LogP contribution < -0.4 is 10.4 Å². The molecule has 6 rings (SSSR count). The monoisotopic (exact) mass is 389 g/mol. The summed E-state index contributed by atoms with van der Waals surface area (Å²) in [6, 6.07) is 15.9. The molecular weight excluding hydrogens is 364 g/mol. The largest absolute Gasteiger partial charge is 0.545 e.